The van der Waals surface area contributed by atoms with Gasteiger partial charge in [-0.3, -0.25) is 4.99 Å². The van der Waals surface area contributed by atoms with Crippen molar-refractivity contribution in [3.05, 3.63) is 72.2 Å². The van der Waals surface area contributed by atoms with E-state index in [9.17, 15) is 0 Å². The number of aliphatic imine (C=N–C) groups is 1. The summed E-state index contributed by atoms with van der Waals surface area (Å²) in [5.41, 5.74) is 9.64. The van der Waals surface area contributed by atoms with E-state index < -0.39 is 0 Å². The van der Waals surface area contributed by atoms with E-state index in [2.05, 4.69) is 23.8 Å². The Balaban J connectivity index is 1.93. The number of unbranched alkanes of at least 4 members (excludes halogenated alkanes) is 1. The molecule has 1 heterocycles. The van der Waals surface area contributed by atoms with Gasteiger partial charge in [0.25, 0.3) is 0 Å². The Kier molecular flexibility index (Phi) is 7.55. The molecular weight excluding hydrogens is 372 g/mol. The normalized spacial score (nSPS) is 12.6. The average molecular weight is 403 g/mol. The van der Waals surface area contributed by atoms with Gasteiger partial charge in [-0.05, 0) is 56.2 Å². The minimum Gasteiger partial charge on any atom is -0.457 e. The summed E-state index contributed by atoms with van der Waals surface area (Å²) in [6.45, 7) is 6.37. The molecule has 0 radical (unpaired) electrons. The van der Waals surface area contributed by atoms with Crippen molar-refractivity contribution in [2.75, 3.05) is 5.73 Å². The van der Waals surface area contributed by atoms with E-state index in [4.69, 9.17) is 15.5 Å². The van der Waals surface area contributed by atoms with Crippen LogP contribution < -0.4 is 10.5 Å². The number of nitrogens with two attached hydrogens (primary N) is 1. The second-order valence-electron chi connectivity index (χ2n) is 7.39. The summed E-state index contributed by atoms with van der Waals surface area (Å²) in [7, 11) is 0. The van der Waals surface area contributed by atoms with E-state index in [1.54, 1.807) is 0 Å². The molecule has 156 valence electrons. The second kappa shape index (κ2) is 10.5. The lowest BCUT2D eigenvalue weighted by Crippen LogP contribution is -2.19. The van der Waals surface area contributed by atoms with E-state index in [0.29, 0.717) is 11.7 Å². The summed E-state index contributed by atoms with van der Waals surface area (Å²) < 4.78 is 5.89. The highest BCUT2D eigenvalue weighted by Crippen LogP contribution is 2.28. The number of ether oxygens (including phenoxy) is 1. The first-order valence-electron chi connectivity index (χ1n) is 10.6. The number of benzene rings is 2. The Morgan fingerprint density at radius 3 is 2.37 bits per heavy atom. The number of aromatic nitrogens is 2. The maximum atomic E-state index is 6.06. The van der Waals surface area contributed by atoms with Gasteiger partial charge in [-0.2, -0.15) is 0 Å². The molecule has 0 bridgehead atoms. The van der Waals surface area contributed by atoms with Crippen molar-refractivity contribution < 1.29 is 4.74 Å². The molecule has 0 saturated carbocycles. The van der Waals surface area contributed by atoms with Crippen molar-refractivity contribution in [2.24, 2.45) is 10.9 Å². The van der Waals surface area contributed by atoms with Crippen LogP contribution in [0.1, 0.15) is 50.8 Å². The Labute approximate surface area is 179 Å². The quantitative estimate of drug-likeness (QED) is 0.415. The first kappa shape index (κ1) is 21.5. The van der Waals surface area contributed by atoms with Crippen molar-refractivity contribution in [1.29, 1.82) is 0 Å². The van der Waals surface area contributed by atoms with Crippen LogP contribution in [0.2, 0.25) is 0 Å². The zero-order chi connectivity index (χ0) is 21.3. The maximum Gasteiger partial charge on any atom is 0.130 e. The molecule has 3 aromatic rings. The molecule has 0 aliphatic heterocycles. The molecule has 0 aliphatic rings. The first-order chi connectivity index (χ1) is 14.6. The zero-order valence-corrected chi connectivity index (χ0v) is 18.0. The van der Waals surface area contributed by atoms with Crippen molar-refractivity contribution >= 4 is 17.2 Å². The number of nitrogens with zero attached hydrogens (tertiary/aromatic N) is 3. The summed E-state index contributed by atoms with van der Waals surface area (Å²) in [6.07, 6.45) is 5.90. The van der Waals surface area contributed by atoms with Gasteiger partial charge in [0.1, 0.15) is 23.6 Å². The molecule has 1 atom stereocenters. The molecule has 1 unspecified atom stereocenters. The molecule has 2 N–H and O–H groups in total. The van der Waals surface area contributed by atoms with Crippen LogP contribution in [-0.2, 0) is 0 Å². The summed E-state index contributed by atoms with van der Waals surface area (Å²) in [5.74, 6) is 2.41. The summed E-state index contributed by atoms with van der Waals surface area (Å²) in [5, 5.41) is 0. The van der Waals surface area contributed by atoms with Gasteiger partial charge in [0.15, 0.2) is 0 Å². The molecule has 5 nitrogen and oxygen atoms in total. The summed E-state index contributed by atoms with van der Waals surface area (Å²) >= 11 is 0. The number of nitrogen functional groups attached to an aromatic ring is 1. The lowest BCUT2D eigenvalue weighted by molar-refractivity contribution is 0.483. The van der Waals surface area contributed by atoms with Crippen molar-refractivity contribution in [2.45, 2.75) is 46.5 Å². The Morgan fingerprint density at radius 2 is 1.70 bits per heavy atom. The van der Waals surface area contributed by atoms with Gasteiger partial charge in [-0.25, -0.2) is 9.97 Å². The van der Waals surface area contributed by atoms with Crippen LogP contribution in [0.25, 0.3) is 0 Å². The molecule has 3 rings (SSSR count). The summed E-state index contributed by atoms with van der Waals surface area (Å²) in [6, 6.07) is 17.6. The average Bonchev–Trinajstić information content (AvgIpc) is 2.77. The van der Waals surface area contributed by atoms with Crippen LogP contribution in [0.15, 0.2) is 65.9 Å². The predicted octanol–water partition coefficient (Wildman–Crippen LogP) is 6.50. The van der Waals surface area contributed by atoms with Crippen LogP contribution in [0.4, 0.5) is 11.5 Å². The fourth-order valence-corrected chi connectivity index (χ4v) is 3.40. The SMILES string of the molecule is CCCCC(CC)/C(=N/c1ccc(Oc2ccccc2)cc1)c1ncnc(N)c1C. The predicted molar refractivity (Wildman–Crippen MR) is 124 cm³/mol. The number of hydrogen-bond donors (Lipinski definition) is 1. The molecule has 5 heteroatoms. The van der Waals surface area contributed by atoms with Crippen LogP contribution >= 0.6 is 0 Å². The van der Waals surface area contributed by atoms with Crippen LogP contribution in [-0.4, -0.2) is 15.7 Å². The van der Waals surface area contributed by atoms with E-state index in [0.717, 1.165) is 59.8 Å². The number of rotatable bonds is 9. The summed E-state index contributed by atoms with van der Waals surface area (Å²) in [4.78, 5) is 13.7. The molecule has 1 aromatic heterocycles. The highest BCUT2D eigenvalue weighted by molar-refractivity contribution is 6.03. The number of anilines is 1. The van der Waals surface area contributed by atoms with Crippen LogP contribution in [0.5, 0.6) is 11.5 Å². The van der Waals surface area contributed by atoms with Crippen molar-refractivity contribution in [1.82, 2.24) is 9.97 Å². The van der Waals surface area contributed by atoms with Crippen LogP contribution in [0.3, 0.4) is 0 Å². The first-order valence-corrected chi connectivity index (χ1v) is 10.6. The second-order valence-corrected chi connectivity index (χ2v) is 7.39. The zero-order valence-electron chi connectivity index (χ0n) is 18.0. The molecule has 0 amide bonds. The highest BCUT2D eigenvalue weighted by Gasteiger charge is 2.20. The standard InChI is InChI=1S/C25H30N4O/c1-4-6-10-19(5-2)24(23-18(3)25(26)28-17-27-23)29-20-13-15-22(16-14-20)30-21-11-8-7-9-12-21/h7-9,11-17,19H,4-6,10H2,1-3H3,(H2,26,27,28)/b29-24-. The Hall–Kier alpha value is -3.21. The van der Waals surface area contributed by atoms with Gasteiger partial charge in [0.2, 0.25) is 0 Å². The third-order valence-corrected chi connectivity index (χ3v) is 5.22. The van der Waals surface area contributed by atoms with Gasteiger partial charge >= 0.3 is 0 Å². The van der Waals surface area contributed by atoms with Crippen molar-refractivity contribution in [3.8, 4) is 11.5 Å². The van der Waals surface area contributed by atoms with E-state index in [1.165, 1.54) is 6.33 Å². The minimum absolute atomic E-state index is 0.318. The van der Waals surface area contributed by atoms with E-state index in [1.807, 2.05) is 61.5 Å². The van der Waals surface area contributed by atoms with E-state index in [-0.39, 0.29) is 0 Å². The van der Waals surface area contributed by atoms with Gasteiger partial charge < -0.3 is 10.5 Å². The lowest BCUT2D eigenvalue weighted by Gasteiger charge is -2.19. The Morgan fingerprint density at radius 1 is 1.00 bits per heavy atom. The minimum atomic E-state index is 0.318. The monoisotopic (exact) mass is 402 g/mol. The van der Waals surface area contributed by atoms with Gasteiger partial charge in [0.05, 0.1) is 17.1 Å². The lowest BCUT2D eigenvalue weighted by atomic mass is 9.90. The number of hydrogen-bond acceptors (Lipinski definition) is 5. The fourth-order valence-electron chi connectivity index (χ4n) is 3.40. The molecule has 0 spiro atoms. The fraction of sp³-hybridized carbons (Fsp3) is 0.320. The third kappa shape index (κ3) is 5.44. The molecule has 30 heavy (non-hydrogen) atoms. The van der Waals surface area contributed by atoms with Crippen molar-refractivity contribution in [3.63, 3.8) is 0 Å². The topological polar surface area (TPSA) is 73.4 Å². The van der Waals surface area contributed by atoms with Crippen LogP contribution in [0, 0.1) is 12.8 Å². The molecule has 2 aromatic carbocycles. The largest absolute Gasteiger partial charge is 0.457 e. The molecular formula is C25H30N4O. The number of para-hydroxylation sites is 1. The third-order valence-electron chi connectivity index (χ3n) is 5.22. The molecule has 0 saturated heterocycles. The molecule has 0 fully saturated rings. The van der Waals surface area contributed by atoms with Gasteiger partial charge in [-0.15, -0.1) is 0 Å². The molecule has 0 aliphatic carbocycles. The van der Waals surface area contributed by atoms with E-state index >= 15 is 0 Å². The van der Waals surface area contributed by atoms with Gasteiger partial charge in [-0.1, -0.05) is 44.9 Å². The maximum absolute atomic E-state index is 6.06. The smallest absolute Gasteiger partial charge is 0.130 e. The highest BCUT2D eigenvalue weighted by atomic mass is 16.5. The van der Waals surface area contributed by atoms with Gasteiger partial charge in [0, 0.05) is 11.5 Å². The Bertz CT molecular complexity index is 968.